The molecule has 0 saturated heterocycles. The van der Waals surface area contributed by atoms with Crippen LogP contribution in [0.5, 0.6) is 0 Å². The normalized spacial score (nSPS) is 13.4. The summed E-state index contributed by atoms with van der Waals surface area (Å²) in [6, 6.07) is 11.0. The van der Waals surface area contributed by atoms with Crippen LogP contribution in [0.2, 0.25) is 10.0 Å². The number of carbonyl (C=O) groups is 1. The molecule has 1 aromatic heterocycles. The molecule has 0 fully saturated rings. The lowest BCUT2D eigenvalue weighted by molar-refractivity contribution is -0.142. The standard InChI is InChI=1S/C17H18Cl2N2O2/c1-17(10-16(22)23-2,15-5-3-4-8-20-15)21-11-12-6-7-13(18)14(19)9-12/h3-9,21H,10-11H2,1-2H3. The van der Waals surface area contributed by atoms with Crippen molar-refractivity contribution in [3.63, 3.8) is 0 Å². The van der Waals surface area contributed by atoms with Crippen molar-refractivity contribution in [2.75, 3.05) is 7.11 Å². The first-order valence-electron chi connectivity index (χ1n) is 7.12. The summed E-state index contributed by atoms with van der Waals surface area (Å²) in [5, 5.41) is 4.39. The van der Waals surface area contributed by atoms with E-state index in [1.54, 1.807) is 18.3 Å². The Morgan fingerprint density at radius 3 is 2.65 bits per heavy atom. The number of rotatable bonds is 6. The van der Waals surface area contributed by atoms with E-state index in [2.05, 4.69) is 10.3 Å². The number of methoxy groups -OCH3 is 1. The molecule has 1 aromatic carbocycles. The molecule has 1 unspecified atom stereocenters. The summed E-state index contributed by atoms with van der Waals surface area (Å²) < 4.78 is 4.81. The summed E-state index contributed by atoms with van der Waals surface area (Å²) in [4.78, 5) is 16.1. The number of esters is 1. The van der Waals surface area contributed by atoms with E-state index >= 15 is 0 Å². The fourth-order valence-electron chi connectivity index (χ4n) is 2.24. The second kappa shape index (κ2) is 7.77. The molecule has 4 nitrogen and oxygen atoms in total. The minimum absolute atomic E-state index is 0.168. The van der Waals surface area contributed by atoms with Gasteiger partial charge in [0.05, 0.1) is 34.8 Å². The average Bonchev–Trinajstić information content (AvgIpc) is 2.56. The molecule has 2 rings (SSSR count). The molecule has 0 aliphatic carbocycles. The number of nitrogens with one attached hydrogen (secondary N) is 1. The molecule has 2 aromatic rings. The molecule has 122 valence electrons. The van der Waals surface area contributed by atoms with E-state index in [0.717, 1.165) is 11.3 Å². The molecule has 0 bridgehead atoms. The zero-order valence-electron chi connectivity index (χ0n) is 13.0. The molecular formula is C17H18Cl2N2O2. The van der Waals surface area contributed by atoms with Gasteiger partial charge in [0.25, 0.3) is 0 Å². The quantitative estimate of drug-likeness (QED) is 0.799. The maximum Gasteiger partial charge on any atom is 0.307 e. The lowest BCUT2D eigenvalue weighted by Gasteiger charge is -2.29. The third kappa shape index (κ3) is 4.67. The number of hydrogen-bond acceptors (Lipinski definition) is 4. The third-order valence-corrected chi connectivity index (χ3v) is 4.36. The molecule has 6 heteroatoms. The summed E-state index contributed by atoms with van der Waals surface area (Å²) in [6.07, 6.45) is 1.87. The predicted molar refractivity (Wildman–Crippen MR) is 91.5 cm³/mol. The third-order valence-electron chi connectivity index (χ3n) is 3.62. The number of ether oxygens (including phenoxy) is 1. The summed E-state index contributed by atoms with van der Waals surface area (Å²) in [6.45, 7) is 2.44. The zero-order valence-corrected chi connectivity index (χ0v) is 14.5. The fourth-order valence-corrected chi connectivity index (χ4v) is 2.56. The molecule has 23 heavy (non-hydrogen) atoms. The Morgan fingerprint density at radius 2 is 2.04 bits per heavy atom. The van der Waals surface area contributed by atoms with Crippen LogP contribution in [0, 0.1) is 0 Å². The molecule has 0 spiro atoms. The summed E-state index contributed by atoms with van der Waals surface area (Å²) >= 11 is 12.0. The summed E-state index contributed by atoms with van der Waals surface area (Å²) in [7, 11) is 1.38. The van der Waals surface area contributed by atoms with Crippen molar-refractivity contribution < 1.29 is 9.53 Å². The van der Waals surface area contributed by atoms with Crippen molar-refractivity contribution in [3.05, 3.63) is 63.9 Å². The minimum atomic E-state index is -0.652. The van der Waals surface area contributed by atoms with Gasteiger partial charge in [0.1, 0.15) is 0 Å². The van der Waals surface area contributed by atoms with E-state index in [4.69, 9.17) is 27.9 Å². The van der Waals surface area contributed by atoms with Gasteiger partial charge in [-0.15, -0.1) is 0 Å². The van der Waals surface area contributed by atoms with Crippen molar-refractivity contribution in [1.82, 2.24) is 10.3 Å². The molecule has 0 aliphatic rings. The molecule has 0 saturated carbocycles. The molecule has 0 radical (unpaired) electrons. The van der Waals surface area contributed by atoms with Gasteiger partial charge in [0.2, 0.25) is 0 Å². The van der Waals surface area contributed by atoms with Gasteiger partial charge in [-0.1, -0.05) is 35.3 Å². The average molecular weight is 353 g/mol. The minimum Gasteiger partial charge on any atom is -0.469 e. The highest BCUT2D eigenvalue weighted by atomic mass is 35.5. The molecule has 0 amide bonds. The Morgan fingerprint density at radius 1 is 1.26 bits per heavy atom. The number of halogens is 2. The topological polar surface area (TPSA) is 51.2 Å². The van der Waals surface area contributed by atoms with E-state index in [0.29, 0.717) is 16.6 Å². The van der Waals surface area contributed by atoms with Crippen LogP contribution in [-0.4, -0.2) is 18.1 Å². The number of hydrogen-bond donors (Lipinski definition) is 1. The smallest absolute Gasteiger partial charge is 0.307 e. The van der Waals surface area contributed by atoms with Gasteiger partial charge in [-0.05, 0) is 36.8 Å². The molecule has 1 N–H and O–H groups in total. The van der Waals surface area contributed by atoms with Crippen molar-refractivity contribution in [3.8, 4) is 0 Å². The van der Waals surface area contributed by atoms with Crippen molar-refractivity contribution >= 4 is 29.2 Å². The van der Waals surface area contributed by atoms with Crippen LogP contribution >= 0.6 is 23.2 Å². The summed E-state index contributed by atoms with van der Waals surface area (Å²) in [5.41, 5.74) is 1.08. The Balaban J connectivity index is 2.20. The maximum absolute atomic E-state index is 11.8. The Hall–Kier alpha value is -1.62. The Kier molecular flexibility index (Phi) is 5.99. The highest BCUT2D eigenvalue weighted by Crippen LogP contribution is 2.26. The first-order chi connectivity index (χ1) is 10.9. The van der Waals surface area contributed by atoms with Crippen LogP contribution in [0.15, 0.2) is 42.6 Å². The molecule has 0 aliphatic heterocycles. The van der Waals surface area contributed by atoms with Crippen LogP contribution in [0.25, 0.3) is 0 Å². The van der Waals surface area contributed by atoms with Crippen LogP contribution < -0.4 is 5.32 Å². The van der Waals surface area contributed by atoms with Crippen molar-refractivity contribution in [2.24, 2.45) is 0 Å². The first-order valence-corrected chi connectivity index (χ1v) is 7.87. The largest absolute Gasteiger partial charge is 0.469 e. The number of aromatic nitrogens is 1. The van der Waals surface area contributed by atoms with Crippen LogP contribution in [-0.2, 0) is 21.6 Å². The molecule has 1 heterocycles. The van der Waals surface area contributed by atoms with Gasteiger partial charge in [-0.2, -0.15) is 0 Å². The van der Waals surface area contributed by atoms with Crippen molar-refractivity contribution in [2.45, 2.75) is 25.4 Å². The monoisotopic (exact) mass is 352 g/mol. The highest BCUT2D eigenvalue weighted by molar-refractivity contribution is 6.42. The highest BCUT2D eigenvalue weighted by Gasteiger charge is 2.31. The van der Waals surface area contributed by atoms with E-state index in [-0.39, 0.29) is 12.4 Å². The zero-order chi connectivity index (χ0) is 16.9. The second-order valence-corrected chi connectivity index (χ2v) is 6.22. The number of carbonyl (C=O) groups excluding carboxylic acids is 1. The van der Waals surface area contributed by atoms with Gasteiger partial charge >= 0.3 is 5.97 Å². The predicted octanol–water partition coefficient (Wildman–Crippen LogP) is 3.96. The Bertz CT molecular complexity index is 680. The maximum atomic E-state index is 11.8. The first kappa shape index (κ1) is 17.7. The van der Waals surface area contributed by atoms with Gasteiger partial charge in [0, 0.05) is 12.7 Å². The van der Waals surface area contributed by atoms with E-state index < -0.39 is 5.54 Å². The molecule has 1 atom stereocenters. The lowest BCUT2D eigenvalue weighted by Crippen LogP contribution is -2.42. The van der Waals surface area contributed by atoms with Gasteiger partial charge < -0.3 is 10.1 Å². The molecular weight excluding hydrogens is 335 g/mol. The van der Waals surface area contributed by atoms with Gasteiger partial charge in [0.15, 0.2) is 0 Å². The second-order valence-electron chi connectivity index (χ2n) is 5.40. The van der Waals surface area contributed by atoms with Crippen molar-refractivity contribution in [1.29, 1.82) is 0 Å². The van der Waals surface area contributed by atoms with Gasteiger partial charge in [-0.3, -0.25) is 9.78 Å². The summed E-state index contributed by atoms with van der Waals surface area (Å²) in [5.74, 6) is -0.306. The van der Waals surface area contributed by atoms with E-state index in [1.165, 1.54) is 7.11 Å². The lowest BCUT2D eigenvalue weighted by atomic mass is 9.92. The Labute approximate surface area is 145 Å². The van der Waals surface area contributed by atoms with Crippen LogP contribution in [0.3, 0.4) is 0 Å². The number of benzene rings is 1. The number of pyridine rings is 1. The SMILES string of the molecule is COC(=O)CC(C)(NCc1ccc(Cl)c(Cl)c1)c1ccccn1. The van der Waals surface area contributed by atoms with Crippen LogP contribution in [0.1, 0.15) is 24.6 Å². The fraction of sp³-hybridized carbons (Fsp3) is 0.294. The van der Waals surface area contributed by atoms with E-state index in [9.17, 15) is 4.79 Å². The van der Waals surface area contributed by atoms with Gasteiger partial charge in [-0.25, -0.2) is 0 Å². The van der Waals surface area contributed by atoms with E-state index in [1.807, 2.05) is 31.2 Å². The number of nitrogens with zero attached hydrogens (tertiary/aromatic N) is 1. The van der Waals surface area contributed by atoms with Crippen LogP contribution in [0.4, 0.5) is 0 Å².